The summed E-state index contributed by atoms with van der Waals surface area (Å²) >= 11 is 0. The van der Waals surface area contributed by atoms with Crippen LogP contribution >= 0.6 is 0 Å². The van der Waals surface area contributed by atoms with Gasteiger partial charge in [0, 0.05) is 37.3 Å². The number of aromatic amines is 1. The van der Waals surface area contributed by atoms with Crippen LogP contribution in [0.5, 0.6) is 0 Å². The lowest BCUT2D eigenvalue weighted by atomic mass is 10.1. The summed E-state index contributed by atoms with van der Waals surface area (Å²) in [5, 5.41) is 0.919. The van der Waals surface area contributed by atoms with Gasteiger partial charge in [0.1, 0.15) is 12.9 Å². The van der Waals surface area contributed by atoms with Crippen molar-refractivity contribution < 1.29 is 4.84 Å². The van der Waals surface area contributed by atoms with Gasteiger partial charge in [-0.1, -0.05) is 18.2 Å². The van der Waals surface area contributed by atoms with Crippen LogP contribution in [0.1, 0.15) is 0 Å². The molecule has 0 saturated carbocycles. The number of anilines is 1. The molecule has 0 atom stereocenters. The van der Waals surface area contributed by atoms with E-state index in [0.29, 0.717) is 11.4 Å². The van der Waals surface area contributed by atoms with E-state index >= 15 is 0 Å². The monoisotopic (exact) mass is 389 g/mol. The Bertz CT molecular complexity index is 1250. The Hall–Kier alpha value is -3.32. The van der Waals surface area contributed by atoms with Crippen molar-refractivity contribution in [2.45, 2.75) is 0 Å². The molecular formula is C22H23N5O2. The second-order valence-electron chi connectivity index (χ2n) is 7.48. The minimum absolute atomic E-state index is 0.232. The first-order valence-corrected chi connectivity index (χ1v) is 9.77. The Morgan fingerprint density at radius 3 is 2.62 bits per heavy atom. The van der Waals surface area contributed by atoms with Gasteiger partial charge in [0.05, 0.1) is 22.1 Å². The highest BCUT2D eigenvalue weighted by Gasteiger charge is 2.17. The van der Waals surface area contributed by atoms with Gasteiger partial charge in [-0.25, -0.2) is 4.98 Å². The maximum atomic E-state index is 13.0. The van der Waals surface area contributed by atoms with E-state index < -0.39 is 0 Å². The van der Waals surface area contributed by atoms with Gasteiger partial charge in [0.25, 0.3) is 5.56 Å². The molecular weight excluding hydrogens is 366 g/mol. The molecule has 0 aliphatic carbocycles. The van der Waals surface area contributed by atoms with Gasteiger partial charge in [-0.3, -0.25) is 4.79 Å². The summed E-state index contributed by atoms with van der Waals surface area (Å²) < 4.78 is 1.31. The van der Waals surface area contributed by atoms with E-state index in [9.17, 15) is 4.79 Å². The second kappa shape index (κ2) is 6.93. The number of benzene rings is 2. The second-order valence-corrected chi connectivity index (χ2v) is 7.48. The summed E-state index contributed by atoms with van der Waals surface area (Å²) in [5.74, 6) is 0.553. The molecule has 0 radical (unpaired) electrons. The number of H-pyrrole nitrogens is 1. The number of piperazine rings is 1. The lowest BCUT2D eigenvalue weighted by Crippen LogP contribution is -2.44. The van der Waals surface area contributed by atoms with Crippen LogP contribution in [-0.4, -0.2) is 59.9 Å². The van der Waals surface area contributed by atoms with Crippen LogP contribution in [0.4, 0.5) is 5.69 Å². The maximum absolute atomic E-state index is 13.0. The molecule has 148 valence electrons. The van der Waals surface area contributed by atoms with Gasteiger partial charge in [0.15, 0.2) is 0 Å². The summed E-state index contributed by atoms with van der Waals surface area (Å²) in [5.41, 5.74) is 3.93. The molecule has 2 aromatic carbocycles. The highest BCUT2D eigenvalue weighted by atomic mass is 16.6. The average molecular weight is 389 g/mol. The smallest absolute Gasteiger partial charge is 0.294 e. The third-order valence-electron chi connectivity index (χ3n) is 5.64. The summed E-state index contributed by atoms with van der Waals surface area (Å²) in [6.45, 7) is 4.12. The van der Waals surface area contributed by atoms with Crippen molar-refractivity contribution in [3.8, 4) is 11.4 Å². The minimum atomic E-state index is -0.232. The first-order chi connectivity index (χ1) is 14.1. The van der Waals surface area contributed by atoms with E-state index in [1.807, 2.05) is 36.4 Å². The average Bonchev–Trinajstić information content (AvgIpc) is 3.17. The molecule has 0 amide bonds. The van der Waals surface area contributed by atoms with E-state index in [-0.39, 0.29) is 5.56 Å². The summed E-state index contributed by atoms with van der Waals surface area (Å²) in [6, 6.07) is 15.8. The number of hydrogen-bond acceptors (Lipinski definition) is 5. The van der Waals surface area contributed by atoms with E-state index in [4.69, 9.17) is 4.84 Å². The van der Waals surface area contributed by atoms with E-state index in [1.165, 1.54) is 17.5 Å². The Kier molecular flexibility index (Phi) is 4.24. The molecule has 1 N–H and O–H groups in total. The van der Waals surface area contributed by atoms with Crippen LogP contribution in [0.2, 0.25) is 0 Å². The molecule has 7 heteroatoms. The Morgan fingerprint density at radius 1 is 1.03 bits per heavy atom. The number of nitrogens with one attached hydrogen (secondary N) is 1. The first kappa shape index (κ1) is 17.8. The molecule has 5 rings (SSSR count). The number of nitrogens with zero attached hydrogens (tertiary/aromatic N) is 4. The molecule has 0 spiro atoms. The number of rotatable bonds is 3. The fraction of sp³-hybridized carbons (Fsp3) is 0.273. The van der Waals surface area contributed by atoms with Crippen LogP contribution < -0.4 is 15.3 Å². The largest absolute Gasteiger partial charge is 0.413 e. The Morgan fingerprint density at radius 2 is 1.83 bits per heavy atom. The zero-order valence-electron chi connectivity index (χ0n) is 16.6. The summed E-state index contributed by atoms with van der Waals surface area (Å²) in [4.78, 5) is 31.1. The third kappa shape index (κ3) is 3.03. The number of hydrogen-bond donors (Lipinski definition) is 1. The highest BCUT2D eigenvalue weighted by molar-refractivity contribution is 5.86. The van der Waals surface area contributed by atoms with Gasteiger partial charge >= 0.3 is 0 Å². The molecule has 0 unspecified atom stereocenters. The standard InChI is InChI=1S/C22H23N5O2/c1-25-9-11-26(12-10-25)16-7-8-18-19(14-16)24-21(23-18)17-13-15-5-3-4-6-20(15)27(29-2)22(17)28/h3-8,13-14H,9-12H2,1-2H3,(H,23,24). The normalized spacial score (nSPS) is 15.3. The van der Waals surface area contributed by atoms with Crippen LogP contribution in [0.3, 0.4) is 0 Å². The van der Waals surface area contributed by atoms with Crippen LogP contribution in [0.25, 0.3) is 33.3 Å². The first-order valence-electron chi connectivity index (χ1n) is 9.77. The minimum Gasteiger partial charge on any atom is -0.413 e. The third-order valence-corrected chi connectivity index (χ3v) is 5.64. The molecule has 1 aliphatic heterocycles. The SMILES string of the molecule is COn1c(=O)c(-c2nc3ccc(N4CCN(C)CC4)cc3[nH]2)cc2ccccc21. The zero-order chi connectivity index (χ0) is 20.0. The number of likely N-dealkylation sites (N-methyl/N-ethyl adjacent to an activating group) is 1. The number of para-hydroxylation sites is 1. The van der Waals surface area contributed by atoms with Crippen molar-refractivity contribution in [1.82, 2.24) is 19.6 Å². The molecule has 1 fully saturated rings. The van der Waals surface area contributed by atoms with Gasteiger partial charge in [-0.15, -0.1) is 4.73 Å². The summed E-state index contributed by atoms with van der Waals surface area (Å²) in [6.07, 6.45) is 0. The summed E-state index contributed by atoms with van der Waals surface area (Å²) in [7, 11) is 3.65. The quantitative estimate of drug-likeness (QED) is 0.583. The maximum Gasteiger partial charge on any atom is 0.294 e. The van der Waals surface area contributed by atoms with Crippen molar-refractivity contribution in [1.29, 1.82) is 0 Å². The highest BCUT2D eigenvalue weighted by Crippen LogP contribution is 2.25. The van der Waals surface area contributed by atoms with E-state index in [0.717, 1.165) is 48.1 Å². The lowest BCUT2D eigenvalue weighted by Gasteiger charge is -2.34. The van der Waals surface area contributed by atoms with Crippen molar-refractivity contribution >= 4 is 27.6 Å². The number of pyridine rings is 1. The van der Waals surface area contributed by atoms with Crippen molar-refractivity contribution in [3.05, 3.63) is 58.9 Å². The van der Waals surface area contributed by atoms with Crippen molar-refractivity contribution in [2.75, 3.05) is 45.2 Å². The van der Waals surface area contributed by atoms with Crippen molar-refractivity contribution in [2.24, 2.45) is 0 Å². The molecule has 7 nitrogen and oxygen atoms in total. The predicted molar refractivity (Wildman–Crippen MR) is 116 cm³/mol. The van der Waals surface area contributed by atoms with Gasteiger partial charge in [-0.2, -0.15) is 0 Å². The molecule has 3 heterocycles. The molecule has 1 saturated heterocycles. The Labute approximate surface area is 168 Å². The van der Waals surface area contributed by atoms with E-state index in [1.54, 1.807) is 0 Å². The van der Waals surface area contributed by atoms with Gasteiger partial charge < -0.3 is 19.6 Å². The molecule has 29 heavy (non-hydrogen) atoms. The molecule has 0 bridgehead atoms. The van der Waals surface area contributed by atoms with E-state index in [2.05, 4.69) is 38.9 Å². The number of imidazole rings is 1. The van der Waals surface area contributed by atoms with Crippen LogP contribution in [-0.2, 0) is 0 Å². The van der Waals surface area contributed by atoms with Gasteiger partial charge in [-0.05, 0) is 37.4 Å². The Balaban J connectivity index is 1.59. The fourth-order valence-corrected chi connectivity index (χ4v) is 3.97. The van der Waals surface area contributed by atoms with Crippen LogP contribution in [0, 0.1) is 0 Å². The van der Waals surface area contributed by atoms with Gasteiger partial charge in [0.2, 0.25) is 0 Å². The topological polar surface area (TPSA) is 66.4 Å². The van der Waals surface area contributed by atoms with Crippen LogP contribution in [0.15, 0.2) is 53.3 Å². The molecule has 4 aromatic rings. The fourth-order valence-electron chi connectivity index (χ4n) is 3.97. The number of fused-ring (bicyclic) bond motifs is 2. The lowest BCUT2D eigenvalue weighted by molar-refractivity contribution is 0.169. The molecule has 2 aromatic heterocycles. The molecule has 1 aliphatic rings. The van der Waals surface area contributed by atoms with Crippen molar-refractivity contribution in [3.63, 3.8) is 0 Å². The number of aromatic nitrogens is 3. The predicted octanol–water partition coefficient (Wildman–Crippen LogP) is 2.35. The zero-order valence-corrected chi connectivity index (χ0v) is 16.6.